The molecule has 98 heavy (non-hydrogen) atoms. The van der Waals surface area contributed by atoms with E-state index < -0.39 is 97.5 Å². The minimum absolute atomic E-state index is 0.105. The molecule has 0 radical (unpaired) electrons. The molecule has 0 aliphatic carbocycles. The number of esters is 4. The Morgan fingerprint density at radius 3 is 0.694 bits per heavy atom. The zero-order chi connectivity index (χ0) is 72.3. The summed E-state index contributed by atoms with van der Waals surface area (Å²) in [6.45, 7) is 11.9. The van der Waals surface area contributed by atoms with Crippen molar-refractivity contribution < 1.29 is 80.2 Å². The Balaban J connectivity index is 5.25. The van der Waals surface area contributed by atoms with Gasteiger partial charge in [0.05, 0.1) is 26.4 Å². The van der Waals surface area contributed by atoms with E-state index in [0.717, 1.165) is 108 Å². The topological polar surface area (TPSA) is 237 Å². The number of carbonyl (C=O) groups is 4. The largest absolute Gasteiger partial charge is 0.472 e. The van der Waals surface area contributed by atoms with Gasteiger partial charge in [-0.25, -0.2) is 9.13 Å². The van der Waals surface area contributed by atoms with Crippen LogP contribution >= 0.6 is 15.6 Å². The number of ether oxygens (including phenoxy) is 4. The normalized spacial score (nSPS) is 14.0. The van der Waals surface area contributed by atoms with E-state index in [-0.39, 0.29) is 25.7 Å². The van der Waals surface area contributed by atoms with Crippen molar-refractivity contribution in [3.05, 3.63) is 0 Å². The lowest BCUT2D eigenvalue weighted by atomic mass is 10.0. The maximum atomic E-state index is 13.1. The van der Waals surface area contributed by atoms with Crippen LogP contribution in [0.25, 0.3) is 0 Å². The third-order valence-electron chi connectivity index (χ3n) is 18.4. The summed E-state index contributed by atoms with van der Waals surface area (Å²) in [5.41, 5.74) is 0. The van der Waals surface area contributed by atoms with Crippen molar-refractivity contribution in [2.75, 3.05) is 39.6 Å². The van der Waals surface area contributed by atoms with Crippen molar-refractivity contribution in [2.24, 2.45) is 17.8 Å². The third kappa shape index (κ3) is 72.4. The number of aliphatic hydroxyl groups is 1. The zero-order valence-electron chi connectivity index (χ0n) is 64.3. The first kappa shape index (κ1) is 96.1. The predicted octanol–water partition coefficient (Wildman–Crippen LogP) is 23.4. The Morgan fingerprint density at radius 1 is 0.276 bits per heavy atom. The van der Waals surface area contributed by atoms with Crippen LogP contribution < -0.4 is 0 Å². The Bertz CT molecular complexity index is 1900. The lowest BCUT2D eigenvalue weighted by molar-refractivity contribution is -0.161. The van der Waals surface area contributed by atoms with Crippen LogP contribution in [0, 0.1) is 17.8 Å². The summed E-state index contributed by atoms with van der Waals surface area (Å²) >= 11 is 0. The number of phosphoric ester groups is 2. The fourth-order valence-electron chi connectivity index (χ4n) is 12.1. The van der Waals surface area contributed by atoms with Crippen LogP contribution in [0.15, 0.2) is 0 Å². The van der Waals surface area contributed by atoms with Gasteiger partial charge < -0.3 is 33.8 Å². The fraction of sp³-hybridized carbons (Fsp3) is 0.949. The Hall–Kier alpha value is -1.94. The van der Waals surface area contributed by atoms with Gasteiger partial charge in [0.1, 0.15) is 19.3 Å². The summed E-state index contributed by atoms with van der Waals surface area (Å²) in [7, 11) is -9.92. The average molecular weight is 1440 g/mol. The Labute approximate surface area is 600 Å². The van der Waals surface area contributed by atoms with Gasteiger partial charge in [0.2, 0.25) is 0 Å². The summed E-state index contributed by atoms with van der Waals surface area (Å²) in [6, 6.07) is 0. The molecule has 0 saturated heterocycles. The van der Waals surface area contributed by atoms with Gasteiger partial charge in [-0.2, -0.15) is 0 Å². The number of rotatable bonds is 77. The maximum Gasteiger partial charge on any atom is 0.472 e. The highest BCUT2D eigenvalue weighted by atomic mass is 31.2. The van der Waals surface area contributed by atoms with Crippen molar-refractivity contribution in [1.82, 2.24) is 0 Å². The molecule has 3 N–H and O–H groups in total. The molecule has 582 valence electrons. The van der Waals surface area contributed by atoms with Crippen molar-refractivity contribution in [3.8, 4) is 0 Å². The SMILES string of the molecule is CCCCCCCCCCCCCCCCCC(=O)OC[C@H](COP(=O)(O)OC[C@@H](O)COP(=O)(O)OC[C@@H](COC(=O)CCCCCCCCCCC(C)C)OC(=O)CCCCCCCCCCCCC(C)C)OC(=O)CCCCCCCCCCCCCCCCCCC(C)C. The molecule has 2 unspecified atom stereocenters. The van der Waals surface area contributed by atoms with Crippen LogP contribution in [0.1, 0.15) is 408 Å². The zero-order valence-corrected chi connectivity index (χ0v) is 66.0. The number of aliphatic hydroxyl groups excluding tert-OH is 1. The highest BCUT2D eigenvalue weighted by Gasteiger charge is 2.30. The lowest BCUT2D eigenvalue weighted by Crippen LogP contribution is -2.30. The Kier molecular flexibility index (Phi) is 68.1. The van der Waals surface area contributed by atoms with E-state index in [1.807, 2.05) is 0 Å². The summed E-state index contributed by atoms with van der Waals surface area (Å²) in [5, 5.41) is 10.6. The molecule has 0 aliphatic heterocycles. The third-order valence-corrected chi connectivity index (χ3v) is 20.3. The highest BCUT2D eigenvalue weighted by Crippen LogP contribution is 2.45. The number of hydrogen-bond donors (Lipinski definition) is 3. The van der Waals surface area contributed by atoms with E-state index in [9.17, 15) is 43.2 Å². The smallest absolute Gasteiger partial charge is 0.462 e. The van der Waals surface area contributed by atoms with Crippen LogP contribution in [0.3, 0.4) is 0 Å². The average Bonchev–Trinajstić information content (AvgIpc) is 0.997. The first-order valence-corrected chi connectivity index (χ1v) is 43.8. The van der Waals surface area contributed by atoms with E-state index >= 15 is 0 Å². The van der Waals surface area contributed by atoms with Crippen LogP contribution in [-0.4, -0.2) is 96.7 Å². The van der Waals surface area contributed by atoms with Gasteiger partial charge >= 0.3 is 39.5 Å². The van der Waals surface area contributed by atoms with Crippen molar-refractivity contribution >= 4 is 39.5 Å². The molecule has 0 aromatic heterocycles. The molecule has 0 rings (SSSR count). The van der Waals surface area contributed by atoms with Crippen LogP contribution in [0.2, 0.25) is 0 Å². The number of hydrogen-bond acceptors (Lipinski definition) is 15. The van der Waals surface area contributed by atoms with Crippen molar-refractivity contribution in [1.29, 1.82) is 0 Å². The van der Waals surface area contributed by atoms with Gasteiger partial charge in [-0.15, -0.1) is 0 Å². The summed E-state index contributed by atoms with van der Waals surface area (Å²) in [5.74, 6) is 0.174. The molecule has 0 aliphatic rings. The molecule has 0 aromatic rings. The van der Waals surface area contributed by atoms with Gasteiger partial charge in [0.25, 0.3) is 0 Å². The summed E-state index contributed by atoms with van der Waals surface area (Å²) in [6.07, 6.45) is 56.9. The van der Waals surface area contributed by atoms with Gasteiger partial charge in [0, 0.05) is 25.7 Å². The highest BCUT2D eigenvalue weighted by molar-refractivity contribution is 7.47. The first-order chi connectivity index (χ1) is 47.2. The molecular formula is C79H154O17P2. The molecule has 0 amide bonds. The minimum Gasteiger partial charge on any atom is -0.462 e. The first-order valence-electron chi connectivity index (χ1n) is 40.8. The second kappa shape index (κ2) is 69.4. The van der Waals surface area contributed by atoms with Crippen LogP contribution in [-0.2, 0) is 65.4 Å². The molecule has 0 aromatic carbocycles. The number of unbranched alkanes of at least 4 members (excludes halogenated alkanes) is 45. The molecule has 0 fully saturated rings. The molecule has 19 heteroatoms. The molecular weight excluding hydrogens is 1280 g/mol. The summed E-state index contributed by atoms with van der Waals surface area (Å²) < 4.78 is 68.6. The van der Waals surface area contributed by atoms with Gasteiger partial charge in [-0.1, -0.05) is 357 Å². The van der Waals surface area contributed by atoms with E-state index in [1.54, 1.807) is 0 Å². The minimum atomic E-state index is -4.96. The van der Waals surface area contributed by atoms with E-state index in [4.69, 9.17) is 37.0 Å². The fourth-order valence-corrected chi connectivity index (χ4v) is 13.7. The number of phosphoric acid groups is 2. The summed E-state index contributed by atoms with van der Waals surface area (Å²) in [4.78, 5) is 72.9. The molecule has 0 heterocycles. The van der Waals surface area contributed by atoms with E-state index in [1.165, 1.54) is 218 Å². The predicted molar refractivity (Wildman–Crippen MR) is 400 cm³/mol. The molecule has 17 nitrogen and oxygen atoms in total. The molecule has 0 bridgehead atoms. The second-order valence-corrected chi connectivity index (χ2v) is 32.8. The monoisotopic (exact) mass is 1440 g/mol. The van der Waals surface area contributed by atoms with Crippen molar-refractivity contribution in [3.63, 3.8) is 0 Å². The van der Waals surface area contributed by atoms with Crippen LogP contribution in [0.5, 0.6) is 0 Å². The molecule has 0 saturated carbocycles. The molecule has 5 atom stereocenters. The lowest BCUT2D eigenvalue weighted by Gasteiger charge is -2.21. The Morgan fingerprint density at radius 2 is 0.469 bits per heavy atom. The van der Waals surface area contributed by atoms with Gasteiger partial charge in [-0.05, 0) is 43.4 Å². The van der Waals surface area contributed by atoms with E-state index in [2.05, 4.69) is 48.5 Å². The molecule has 0 spiro atoms. The quantitative estimate of drug-likeness (QED) is 0.0222. The van der Waals surface area contributed by atoms with Crippen LogP contribution in [0.4, 0.5) is 0 Å². The van der Waals surface area contributed by atoms with Crippen molar-refractivity contribution in [2.45, 2.75) is 426 Å². The van der Waals surface area contributed by atoms with E-state index in [0.29, 0.717) is 25.7 Å². The van der Waals surface area contributed by atoms with Gasteiger partial charge in [0.15, 0.2) is 12.2 Å². The van der Waals surface area contributed by atoms with Gasteiger partial charge in [-0.3, -0.25) is 37.3 Å². The standard InChI is InChI=1S/C79H154O17P2/c1-8-9-10-11-12-13-14-15-18-22-25-31-39-46-53-60-76(81)89-66-74(95-78(83)62-55-48-41-32-26-23-20-17-16-19-21-24-29-36-43-50-57-70(2)3)68-93-97(85,86)91-64-73(80)65-92-98(87,88)94-69-75(67-90-77(82)61-54-47-40-35-34-38-45-52-59-72(6)7)96-79(84)63-56-49-42-33-28-27-30-37-44-51-58-71(4)5/h70-75,80H,8-69H2,1-7H3,(H,85,86)(H,87,88)/t73-,74-,75-/m1/s1. The number of carbonyl (C=O) groups excluding carboxylic acids is 4. The maximum absolute atomic E-state index is 13.1. The second-order valence-electron chi connectivity index (χ2n) is 29.9.